The van der Waals surface area contributed by atoms with Crippen molar-refractivity contribution in [3.05, 3.63) is 237 Å². The van der Waals surface area contributed by atoms with E-state index in [9.17, 15) is 0 Å². The van der Waals surface area contributed by atoms with E-state index in [1.165, 1.54) is 77.2 Å². The molecule has 0 aliphatic heterocycles. The number of hydrogen-bond acceptors (Lipinski definition) is 1. The van der Waals surface area contributed by atoms with Crippen LogP contribution in [-0.4, -0.2) is 0 Å². The molecule has 10 aromatic rings. The highest BCUT2D eigenvalue weighted by Crippen LogP contribution is 2.41. The first-order chi connectivity index (χ1) is 28.3. The smallest absolute Gasteiger partial charge is 0.0462 e. The predicted molar refractivity (Wildman–Crippen MR) is 243 cm³/mol. The molecule has 268 valence electrons. The van der Waals surface area contributed by atoms with Crippen LogP contribution in [-0.2, 0) is 0 Å². The minimum Gasteiger partial charge on any atom is -0.311 e. The first kappa shape index (κ1) is 34.0. The van der Waals surface area contributed by atoms with Gasteiger partial charge in [-0.1, -0.05) is 188 Å². The van der Waals surface area contributed by atoms with Gasteiger partial charge < -0.3 is 4.90 Å². The average molecular weight is 726 g/mol. The number of para-hydroxylation sites is 1. The van der Waals surface area contributed by atoms with Crippen LogP contribution in [0, 0.1) is 0 Å². The third kappa shape index (κ3) is 6.66. The maximum atomic E-state index is 2.34. The number of benzene rings is 10. The second-order valence-electron chi connectivity index (χ2n) is 14.5. The molecule has 0 saturated heterocycles. The van der Waals surface area contributed by atoms with Crippen LogP contribution in [0.1, 0.15) is 0 Å². The molecular weight excluding hydrogens is 687 g/mol. The highest BCUT2D eigenvalue weighted by Gasteiger charge is 2.16. The monoisotopic (exact) mass is 725 g/mol. The van der Waals surface area contributed by atoms with Crippen molar-refractivity contribution < 1.29 is 0 Å². The van der Waals surface area contributed by atoms with Crippen molar-refractivity contribution in [3.8, 4) is 55.6 Å². The zero-order valence-corrected chi connectivity index (χ0v) is 31.5. The summed E-state index contributed by atoms with van der Waals surface area (Å²) in [5.74, 6) is 0. The number of fused-ring (bicyclic) bond motifs is 3. The van der Waals surface area contributed by atoms with Gasteiger partial charge in [0.15, 0.2) is 0 Å². The number of anilines is 3. The fourth-order valence-corrected chi connectivity index (χ4v) is 8.22. The molecule has 57 heavy (non-hydrogen) atoms. The summed E-state index contributed by atoms with van der Waals surface area (Å²) in [6.07, 6.45) is 0. The molecule has 0 saturated carbocycles. The molecular formula is C56H39N. The third-order valence-corrected chi connectivity index (χ3v) is 11.1. The Morgan fingerprint density at radius 2 is 0.614 bits per heavy atom. The lowest BCUT2D eigenvalue weighted by molar-refractivity contribution is 1.28. The molecule has 0 atom stereocenters. The summed E-state index contributed by atoms with van der Waals surface area (Å²) in [4.78, 5) is 2.34. The summed E-state index contributed by atoms with van der Waals surface area (Å²) in [6.45, 7) is 0. The van der Waals surface area contributed by atoms with E-state index in [4.69, 9.17) is 0 Å². The highest BCUT2D eigenvalue weighted by atomic mass is 15.1. The van der Waals surface area contributed by atoms with E-state index in [0.29, 0.717) is 0 Å². The zero-order valence-electron chi connectivity index (χ0n) is 31.5. The van der Waals surface area contributed by atoms with E-state index in [-0.39, 0.29) is 0 Å². The lowest BCUT2D eigenvalue weighted by Crippen LogP contribution is -2.09. The van der Waals surface area contributed by atoms with Crippen molar-refractivity contribution in [3.63, 3.8) is 0 Å². The van der Waals surface area contributed by atoms with Gasteiger partial charge in [-0.3, -0.25) is 0 Å². The van der Waals surface area contributed by atoms with Crippen molar-refractivity contribution in [1.29, 1.82) is 0 Å². The first-order valence-corrected chi connectivity index (χ1v) is 19.6. The van der Waals surface area contributed by atoms with Gasteiger partial charge in [-0.05, 0) is 126 Å². The molecule has 0 N–H and O–H groups in total. The van der Waals surface area contributed by atoms with Crippen molar-refractivity contribution in [2.75, 3.05) is 4.90 Å². The van der Waals surface area contributed by atoms with Crippen LogP contribution < -0.4 is 4.90 Å². The Morgan fingerprint density at radius 3 is 1.28 bits per heavy atom. The van der Waals surface area contributed by atoms with Crippen LogP contribution in [0.2, 0.25) is 0 Å². The fourth-order valence-electron chi connectivity index (χ4n) is 8.22. The van der Waals surface area contributed by atoms with Gasteiger partial charge in [-0.25, -0.2) is 0 Å². The third-order valence-electron chi connectivity index (χ3n) is 11.1. The average Bonchev–Trinajstić information content (AvgIpc) is 3.30. The quantitative estimate of drug-likeness (QED) is 0.141. The predicted octanol–water partition coefficient (Wildman–Crippen LogP) is 15.8. The summed E-state index contributed by atoms with van der Waals surface area (Å²) >= 11 is 0. The highest BCUT2D eigenvalue weighted by molar-refractivity contribution is 6.13. The van der Waals surface area contributed by atoms with Crippen LogP contribution in [0.3, 0.4) is 0 Å². The Balaban J connectivity index is 0.996. The summed E-state index contributed by atoms with van der Waals surface area (Å²) in [6, 6.07) is 85.5. The minimum atomic E-state index is 1.10. The van der Waals surface area contributed by atoms with E-state index in [1.807, 2.05) is 0 Å². The van der Waals surface area contributed by atoms with E-state index < -0.39 is 0 Å². The van der Waals surface area contributed by atoms with Gasteiger partial charge in [0.05, 0.1) is 0 Å². The van der Waals surface area contributed by atoms with Crippen LogP contribution in [0.5, 0.6) is 0 Å². The maximum Gasteiger partial charge on any atom is 0.0462 e. The number of rotatable bonds is 8. The maximum absolute atomic E-state index is 2.34. The molecule has 10 aromatic carbocycles. The van der Waals surface area contributed by atoms with Gasteiger partial charge in [-0.15, -0.1) is 0 Å². The topological polar surface area (TPSA) is 3.24 Å². The molecule has 0 fully saturated rings. The van der Waals surface area contributed by atoms with Crippen molar-refractivity contribution in [1.82, 2.24) is 0 Å². The van der Waals surface area contributed by atoms with Crippen molar-refractivity contribution in [2.24, 2.45) is 0 Å². The van der Waals surface area contributed by atoms with Gasteiger partial charge in [0, 0.05) is 17.1 Å². The van der Waals surface area contributed by atoms with Crippen molar-refractivity contribution >= 4 is 38.6 Å². The number of nitrogens with zero attached hydrogens (tertiary/aromatic N) is 1. The molecule has 0 radical (unpaired) electrons. The first-order valence-electron chi connectivity index (χ1n) is 19.6. The van der Waals surface area contributed by atoms with Crippen LogP contribution in [0.4, 0.5) is 17.1 Å². The van der Waals surface area contributed by atoms with Gasteiger partial charge in [0.1, 0.15) is 0 Å². The lowest BCUT2D eigenvalue weighted by atomic mass is 9.90. The summed E-state index contributed by atoms with van der Waals surface area (Å²) in [7, 11) is 0. The van der Waals surface area contributed by atoms with Gasteiger partial charge >= 0.3 is 0 Å². The SMILES string of the molecule is c1ccc(-c2ccc(-c3ccc(-c4ccc(N(c5ccccc5)c5ccc(-c6cc7ccccc7c7ccccc67)cc5)cc4)cc3-c3ccccc3)cc2)cc1. The molecule has 10 rings (SSSR count). The fraction of sp³-hybridized carbons (Fsp3) is 0. The Kier molecular flexibility index (Phi) is 8.95. The van der Waals surface area contributed by atoms with E-state index in [2.05, 4.69) is 241 Å². The van der Waals surface area contributed by atoms with Gasteiger partial charge in [0.25, 0.3) is 0 Å². The second-order valence-corrected chi connectivity index (χ2v) is 14.5. The lowest BCUT2D eigenvalue weighted by Gasteiger charge is -2.26. The summed E-state index contributed by atoms with van der Waals surface area (Å²) < 4.78 is 0. The molecule has 0 amide bonds. The molecule has 0 spiro atoms. The molecule has 1 nitrogen and oxygen atoms in total. The van der Waals surface area contributed by atoms with Crippen LogP contribution in [0.25, 0.3) is 77.2 Å². The van der Waals surface area contributed by atoms with Crippen LogP contribution >= 0.6 is 0 Å². The number of hydrogen-bond donors (Lipinski definition) is 0. The Morgan fingerprint density at radius 1 is 0.211 bits per heavy atom. The molecule has 0 aliphatic carbocycles. The zero-order chi connectivity index (χ0) is 38.0. The summed E-state index contributed by atoms with van der Waals surface area (Å²) in [5, 5.41) is 5.09. The van der Waals surface area contributed by atoms with E-state index in [1.54, 1.807) is 0 Å². The largest absolute Gasteiger partial charge is 0.311 e. The van der Waals surface area contributed by atoms with Gasteiger partial charge in [0.2, 0.25) is 0 Å². The van der Waals surface area contributed by atoms with E-state index in [0.717, 1.165) is 17.1 Å². The Bertz CT molecular complexity index is 2950. The molecule has 1 heteroatoms. The molecule has 0 aliphatic rings. The Hall–Kier alpha value is -7.48. The Labute approximate surface area is 334 Å². The second kappa shape index (κ2) is 15.0. The molecule has 0 unspecified atom stereocenters. The molecule has 0 aromatic heterocycles. The van der Waals surface area contributed by atoms with E-state index >= 15 is 0 Å². The van der Waals surface area contributed by atoms with Crippen molar-refractivity contribution in [2.45, 2.75) is 0 Å². The minimum absolute atomic E-state index is 1.10. The standard InChI is InChI=1S/C56H39N/c1-4-14-40(15-5-1)41-24-26-44(27-25-41)52-37-32-46(38-55(52)43-16-6-2-7-17-43)42-28-33-49(34-29-42)57(48-19-8-3-9-20-48)50-35-30-45(31-36-50)56-39-47-18-10-11-21-51(47)53-22-12-13-23-54(53)56/h1-39H. The summed E-state index contributed by atoms with van der Waals surface area (Å²) in [5.41, 5.74) is 15.4. The normalized spacial score (nSPS) is 11.2. The van der Waals surface area contributed by atoms with Gasteiger partial charge in [-0.2, -0.15) is 0 Å². The van der Waals surface area contributed by atoms with Crippen LogP contribution in [0.15, 0.2) is 237 Å². The molecule has 0 heterocycles. The molecule has 0 bridgehead atoms.